The molecule has 2 aromatic rings. The van der Waals surface area contributed by atoms with E-state index in [1.807, 2.05) is 17.1 Å². The number of unbranched alkanes of at least 4 members (excludes halogenated alkanes) is 1. The van der Waals surface area contributed by atoms with Crippen molar-refractivity contribution in [1.82, 2.24) is 10.4 Å². The van der Waals surface area contributed by atoms with Crippen molar-refractivity contribution in [2.45, 2.75) is 39.2 Å². The standard InChI is InChI=1S/C20H24N2O/c1-2-3-6-16-9-11-18(12-10-16)20(23)21-22-14-13-17-7-4-5-8-19(17)15-22/h4-5,7-12H,2-3,6,13-15H2,1H3,(H,21,23). The molecule has 0 fully saturated rings. The highest BCUT2D eigenvalue weighted by Crippen LogP contribution is 2.17. The zero-order valence-corrected chi connectivity index (χ0v) is 13.7. The molecule has 0 atom stereocenters. The number of aryl methyl sites for hydroxylation is 1. The van der Waals surface area contributed by atoms with Gasteiger partial charge in [-0.3, -0.25) is 10.2 Å². The summed E-state index contributed by atoms with van der Waals surface area (Å²) >= 11 is 0. The van der Waals surface area contributed by atoms with E-state index >= 15 is 0 Å². The Labute approximate surface area is 138 Å². The van der Waals surface area contributed by atoms with E-state index in [4.69, 9.17) is 0 Å². The maximum absolute atomic E-state index is 12.4. The Balaban J connectivity index is 1.59. The summed E-state index contributed by atoms with van der Waals surface area (Å²) < 4.78 is 0. The molecule has 0 bridgehead atoms. The van der Waals surface area contributed by atoms with Gasteiger partial charge < -0.3 is 0 Å². The van der Waals surface area contributed by atoms with Gasteiger partial charge in [0, 0.05) is 18.7 Å². The molecule has 3 nitrogen and oxygen atoms in total. The average molecular weight is 308 g/mol. The lowest BCUT2D eigenvalue weighted by Crippen LogP contribution is -2.44. The van der Waals surface area contributed by atoms with Gasteiger partial charge in [-0.15, -0.1) is 0 Å². The topological polar surface area (TPSA) is 32.3 Å². The average Bonchev–Trinajstić information content (AvgIpc) is 2.60. The summed E-state index contributed by atoms with van der Waals surface area (Å²) in [6, 6.07) is 16.4. The van der Waals surface area contributed by atoms with Crippen molar-refractivity contribution in [3.63, 3.8) is 0 Å². The van der Waals surface area contributed by atoms with Crippen LogP contribution in [0, 0.1) is 0 Å². The Morgan fingerprint density at radius 1 is 1.09 bits per heavy atom. The number of carbonyl (C=O) groups is 1. The minimum absolute atomic E-state index is 0.0218. The van der Waals surface area contributed by atoms with E-state index in [-0.39, 0.29) is 5.91 Å². The lowest BCUT2D eigenvalue weighted by molar-refractivity contribution is 0.0764. The van der Waals surface area contributed by atoms with Crippen molar-refractivity contribution in [2.75, 3.05) is 6.54 Å². The first-order valence-corrected chi connectivity index (χ1v) is 8.48. The SMILES string of the molecule is CCCCc1ccc(C(=O)NN2CCc3ccccc3C2)cc1. The van der Waals surface area contributed by atoms with E-state index in [0.29, 0.717) is 0 Å². The van der Waals surface area contributed by atoms with E-state index in [2.05, 4.69) is 48.7 Å². The third kappa shape index (κ3) is 3.99. The number of hydrogen-bond acceptors (Lipinski definition) is 2. The molecule has 0 saturated heterocycles. The van der Waals surface area contributed by atoms with Crippen molar-refractivity contribution in [2.24, 2.45) is 0 Å². The van der Waals surface area contributed by atoms with Gasteiger partial charge in [0.2, 0.25) is 0 Å². The van der Waals surface area contributed by atoms with Crippen molar-refractivity contribution < 1.29 is 4.79 Å². The largest absolute Gasteiger partial charge is 0.284 e. The number of rotatable bonds is 5. The van der Waals surface area contributed by atoms with Gasteiger partial charge >= 0.3 is 0 Å². The molecule has 0 radical (unpaired) electrons. The molecule has 3 heteroatoms. The van der Waals surface area contributed by atoms with Crippen molar-refractivity contribution in [3.05, 3.63) is 70.8 Å². The van der Waals surface area contributed by atoms with E-state index in [0.717, 1.165) is 31.5 Å². The third-order valence-electron chi connectivity index (χ3n) is 4.43. The van der Waals surface area contributed by atoms with Crippen LogP contribution in [0.4, 0.5) is 0 Å². The van der Waals surface area contributed by atoms with Crippen LogP contribution in [-0.4, -0.2) is 17.5 Å². The van der Waals surface area contributed by atoms with Crippen LogP contribution in [0.2, 0.25) is 0 Å². The fourth-order valence-electron chi connectivity index (χ4n) is 3.00. The molecular weight excluding hydrogens is 284 g/mol. The van der Waals surface area contributed by atoms with Gasteiger partial charge in [0.1, 0.15) is 0 Å². The Morgan fingerprint density at radius 3 is 2.57 bits per heavy atom. The van der Waals surface area contributed by atoms with Crippen LogP contribution in [0.25, 0.3) is 0 Å². The molecule has 2 aromatic carbocycles. The van der Waals surface area contributed by atoms with Crippen molar-refractivity contribution in [3.8, 4) is 0 Å². The van der Waals surface area contributed by atoms with Gasteiger partial charge in [-0.1, -0.05) is 49.7 Å². The van der Waals surface area contributed by atoms with Crippen molar-refractivity contribution >= 4 is 5.91 Å². The van der Waals surface area contributed by atoms with Crippen LogP contribution in [0.3, 0.4) is 0 Å². The normalized spacial score (nSPS) is 14.3. The molecule has 0 unspecified atom stereocenters. The molecule has 1 aliphatic heterocycles. The van der Waals surface area contributed by atoms with Gasteiger partial charge in [0.25, 0.3) is 5.91 Å². The lowest BCUT2D eigenvalue weighted by Gasteiger charge is -2.28. The number of nitrogens with one attached hydrogen (secondary N) is 1. The number of hydrazine groups is 1. The Kier molecular flexibility index (Phi) is 5.09. The number of fused-ring (bicyclic) bond motifs is 1. The zero-order chi connectivity index (χ0) is 16.1. The molecule has 0 aromatic heterocycles. The number of carbonyl (C=O) groups excluding carboxylic acids is 1. The molecule has 1 heterocycles. The summed E-state index contributed by atoms with van der Waals surface area (Å²) in [5.41, 5.74) is 7.75. The van der Waals surface area contributed by atoms with E-state index in [1.54, 1.807) is 0 Å². The molecule has 0 aliphatic carbocycles. The maximum atomic E-state index is 12.4. The van der Waals surface area contributed by atoms with E-state index in [9.17, 15) is 4.79 Å². The highest BCUT2D eigenvalue weighted by molar-refractivity contribution is 5.93. The minimum Gasteiger partial charge on any atom is -0.284 e. The molecule has 120 valence electrons. The number of benzene rings is 2. The molecule has 3 rings (SSSR count). The first-order valence-electron chi connectivity index (χ1n) is 8.48. The molecule has 1 aliphatic rings. The first-order chi connectivity index (χ1) is 11.3. The molecule has 23 heavy (non-hydrogen) atoms. The summed E-state index contributed by atoms with van der Waals surface area (Å²) in [5.74, 6) is -0.0218. The zero-order valence-electron chi connectivity index (χ0n) is 13.7. The smallest absolute Gasteiger partial charge is 0.265 e. The molecule has 1 N–H and O–H groups in total. The van der Waals surface area contributed by atoms with E-state index < -0.39 is 0 Å². The van der Waals surface area contributed by atoms with Gasteiger partial charge in [-0.2, -0.15) is 0 Å². The highest BCUT2D eigenvalue weighted by Gasteiger charge is 2.17. The predicted octanol–water partition coefficient (Wildman–Crippen LogP) is 3.73. The molecule has 0 saturated carbocycles. The van der Waals surface area contributed by atoms with Crippen LogP contribution in [0.15, 0.2) is 48.5 Å². The highest BCUT2D eigenvalue weighted by atomic mass is 16.2. The van der Waals surface area contributed by atoms with E-state index in [1.165, 1.54) is 29.5 Å². The van der Waals surface area contributed by atoms with Gasteiger partial charge in [-0.25, -0.2) is 5.01 Å². The summed E-state index contributed by atoms with van der Waals surface area (Å²) in [5, 5.41) is 2.01. The Morgan fingerprint density at radius 2 is 1.83 bits per heavy atom. The van der Waals surface area contributed by atoms with Crippen molar-refractivity contribution in [1.29, 1.82) is 0 Å². The number of hydrogen-bond donors (Lipinski definition) is 1. The third-order valence-corrected chi connectivity index (χ3v) is 4.43. The van der Waals surface area contributed by atoms with Crippen LogP contribution in [-0.2, 0) is 19.4 Å². The second-order valence-corrected chi connectivity index (χ2v) is 6.18. The minimum atomic E-state index is -0.0218. The van der Waals surface area contributed by atoms with Crippen LogP contribution >= 0.6 is 0 Å². The maximum Gasteiger partial charge on any atom is 0.265 e. The first kappa shape index (κ1) is 15.8. The Bertz CT molecular complexity index is 664. The molecular formula is C20H24N2O. The lowest BCUT2D eigenvalue weighted by atomic mass is 10.0. The second-order valence-electron chi connectivity index (χ2n) is 6.18. The summed E-state index contributed by atoms with van der Waals surface area (Å²) in [4.78, 5) is 12.4. The Hall–Kier alpha value is -2.13. The van der Waals surface area contributed by atoms with Gasteiger partial charge in [0.05, 0.1) is 0 Å². The quantitative estimate of drug-likeness (QED) is 0.913. The summed E-state index contributed by atoms with van der Waals surface area (Å²) in [6.45, 7) is 3.83. The monoisotopic (exact) mass is 308 g/mol. The second kappa shape index (κ2) is 7.42. The van der Waals surface area contributed by atoms with Crippen LogP contribution in [0.5, 0.6) is 0 Å². The summed E-state index contributed by atoms with van der Waals surface area (Å²) in [6.07, 6.45) is 4.45. The van der Waals surface area contributed by atoms with Crippen LogP contribution < -0.4 is 5.43 Å². The van der Waals surface area contributed by atoms with Gasteiger partial charge in [-0.05, 0) is 48.1 Å². The number of amides is 1. The molecule has 0 spiro atoms. The molecule has 1 amide bonds. The summed E-state index contributed by atoms with van der Waals surface area (Å²) in [7, 11) is 0. The number of nitrogens with zero attached hydrogens (tertiary/aromatic N) is 1. The predicted molar refractivity (Wildman–Crippen MR) is 93.1 cm³/mol. The van der Waals surface area contributed by atoms with Gasteiger partial charge in [0.15, 0.2) is 0 Å². The fraction of sp³-hybridized carbons (Fsp3) is 0.350. The fourth-order valence-corrected chi connectivity index (χ4v) is 3.00. The van der Waals surface area contributed by atoms with Crippen LogP contribution in [0.1, 0.15) is 46.8 Å².